The number of rotatable bonds is 6. The van der Waals surface area contributed by atoms with Gasteiger partial charge in [0.15, 0.2) is 5.13 Å². The molecule has 0 atom stereocenters. The molecule has 2 aromatic carbocycles. The second-order valence-corrected chi connectivity index (χ2v) is 9.55. The van der Waals surface area contributed by atoms with E-state index in [1.807, 2.05) is 0 Å². The highest BCUT2D eigenvalue weighted by Crippen LogP contribution is 2.24. The summed E-state index contributed by atoms with van der Waals surface area (Å²) < 4.78 is 27.4. The van der Waals surface area contributed by atoms with Crippen molar-refractivity contribution in [1.82, 2.24) is 15.0 Å². The number of hydrogen-bond donors (Lipinski definition) is 4. The predicted octanol–water partition coefficient (Wildman–Crippen LogP) is 2.85. The molecule has 10 nitrogen and oxygen atoms in total. The number of anilines is 1. The lowest BCUT2D eigenvalue weighted by molar-refractivity contribution is 0.447. The summed E-state index contributed by atoms with van der Waals surface area (Å²) >= 11 is 7.09. The summed E-state index contributed by atoms with van der Waals surface area (Å²) in [6.07, 6.45) is 1.48. The number of aromatic amines is 2. The van der Waals surface area contributed by atoms with Crippen molar-refractivity contribution < 1.29 is 13.5 Å². The molecular weight excluding hydrogens is 490 g/mol. The van der Waals surface area contributed by atoms with Crippen LogP contribution in [0.4, 0.5) is 10.8 Å². The Morgan fingerprint density at radius 3 is 2.36 bits per heavy atom. The third kappa shape index (κ3) is 5.03. The fourth-order valence-corrected chi connectivity index (χ4v) is 4.76. The van der Waals surface area contributed by atoms with Gasteiger partial charge in [-0.05, 0) is 36.4 Å². The molecule has 2 heterocycles. The zero-order chi connectivity index (χ0) is 23.6. The van der Waals surface area contributed by atoms with Crippen LogP contribution in [0.15, 0.2) is 79.6 Å². The molecule has 0 spiro atoms. The van der Waals surface area contributed by atoms with Gasteiger partial charge in [0.2, 0.25) is 5.88 Å². The number of nitrogens with zero attached hydrogens (tertiary/aromatic N) is 2. The van der Waals surface area contributed by atoms with E-state index in [9.17, 15) is 23.1 Å². The summed E-state index contributed by atoms with van der Waals surface area (Å²) in [5.74, 6) is -0.663. The Morgan fingerprint density at radius 1 is 1.06 bits per heavy atom. The maximum absolute atomic E-state index is 12.5. The zero-order valence-electron chi connectivity index (χ0n) is 16.4. The lowest BCUT2D eigenvalue weighted by Gasteiger charge is -2.09. The Balaban J connectivity index is 1.78. The lowest BCUT2D eigenvalue weighted by Crippen LogP contribution is -2.28. The third-order valence-electron chi connectivity index (χ3n) is 4.32. The van der Waals surface area contributed by atoms with E-state index < -0.39 is 27.2 Å². The normalized spacial score (nSPS) is 12.0. The Bertz CT molecular complexity index is 1540. The molecule has 0 unspecified atom stereocenters. The fourth-order valence-electron chi connectivity index (χ4n) is 2.84. The van der Waals surface area contributed by atoms with Gasteiger partial charge >= 0.3 is 5.69 Å². The van der Waals surface area contributed by atoms with Gasteiger partial charge in [-0.2, -0.15) is 0 Å². The first-order chi connectivity index (χ1) is 15.7. The quantitative estimate of drug-likeness (QED) is 0.296. The van der Waals surface area contributed by atoms with E-state index >= 15 is 0 Å². The minimum Gasteiger partial charge on any atom is -0.494 e. The van der Waals surface area contributed by atoms with Gasteiger partial charge in [-0.25, -0.2) is 23.2 Å². The number of hydrogen-bond acceptors (Lipinski definition) is 8. The topological polar surface area (TPSA) is 157 Å². The highest BCUT2D eigenvalue weighted by molar-refractivity contribution is 7.93. The summed E-state index contributed by atoms with van der Waals surface area (Å²) in [6, 6.07) is 11.9. The van der Waals surface area contributed by atoms with Crippen molar-refractivity contribution in [3.63, 3.8) is 0 Å². The molecule has 0 aliphatic heterocycles. The molecule has 0 radical (unpaired) electrons. The van der Waals surface area contributed by atoms with Crippen molar-refractivity contribution in [2.24, 2.45) is 4.99 Å². The molecule has 4 N–H and O–H groups in total. The molecule has 4 aromatic rings. The summed E-state index contributed by atoms with van der Waals surface area (Å²) in [6.45, 7) is 0. The van der Waals surface area contributed by atoms with Crippen molar-refractivity contribution >= 4 is 49.5 Å². The minimum absolute atomic E-state index is 0.0190. The molecule has 4 rings (SSSR count). The molecule has 13 heteroatoms. The SMILES string of the molecule is O=c1[nH]c(O)c(C(=Nc2ccc(S(=O)(=O)Nc3nccs3)cc2)c2ccc(Cl)cc2)c(=O)[nH]1. The molecule has 33 heavy (non-hydrogen) atoms. The van der Waals surface area contributed by atoms with Crippen LogP contribution in [0.5, 0.6) is 5.88 Å². The third-order valence-corrected chi connectivity index (χ3v) is 6.74. The molecule has 2 aromatic heterocycles. The molecule has 0 fully saturated rings. The van der Waals surface area contributed by atoms with Gasteiger partial charge in [0.25, 0.3) is 15.6 Å². The first-order valence-electron chi connectivity index (χ1n) is 9.16. The second-order valence-electron chi connectivity index (χ2n) is 6.54. The monoisotopic (exact) mass is 503 g/mol. The van der Waals surface area contributed by atoms with Crippen molar-refractivity contribution in [1.29, 1.82) is 0 Å². The van der Waals surface area contributed by atoms with Gasteiger partial charge in [0.05, 0.1) is 16.3 Å². The highest BCUT2D eigenvalue weighted by Gasteiger charge is 2.19. The van der Waals surface area contributed by atoms with Crippen molar-refractivity contribution in [3.8, 4) is 5.88 Å². The van der Waals surface area contributed by atoms with Crippen LogP contribution in [-0.4, -0.2) is 34.2 Å². The van der Waals surface area contributed by atoms with Gasteiger partial charge in [-0.3, -0.25) is 19.5 Å². The first kappa shape index (κ1) is 22.5. The smallest absolute Gasteiger partial charge is 0.328 e. The number of benzene rings is 2. The Labute approximate surface area is 195 Å². The highest BCUT2D eigenvalue weighted by atomic mass is 35.5. The Morgan fingerprint density at radius 2 is 1.76 bits per heavy atom. The largest absolute Gasteiger partial charge is 0.494 e. The van der Waals surface area contributed by atoms with Gasteiger partial charge in [-0.1, -0.05) is 23.7 Å². The van der Waals surface area contributed by atoms with Gasteiger partial charge < -0.3 is 5.11 Å². The minimum atomic E-state index is -3.86. The van der Waals surface area contributed by atoms with Crippen molar-refractivity contribution in [2.75, 3.05) is 4.72 Å². The van der Waals surface area contributed by atoms with Crippen LogP contribution in [0, 0.1) is 0 Å². The van der Waals surface area contributed by atoms with E-state index in [4.69, 9.17) is 11.6 Å². The van der Waals surface area contributed by atoms with E-state index in [1.165, 1.54) is 30.5 Å². The Kier molecular flexibility index (Phi) is 6.14. The molecular formula is C20H14ClN5O5S2. The summed E-state index contributed by atoms with van der Waals surface area (Å²) in [5, 5.41) is 12.6. The second kappa shape index (κ2) is 9.02. The number of thiazole rings is 1. The van der Waals surface area contributed by atoms with Crippen LogP contribution in [0.2, 0.25) is 5.02 Å². The van der Waals surface area contributed by atoms with Gasteiger partial charge in [0.1, 0.15) is 5.56 Å². The fraction of sp³-hybridized carbons (Fsp3) is 0. The molecule has 0 aliphatic carbocycles. The molecule has 0 saturated carbocycles. The maximum atomic E-state index is 12.5. The van der Waals surface area contributed by atoms with Crippen LogP contribution in [-0.2, 0) is 10.0 Å². The van der Waals surface area contributed by atoms with Crippen LogP contribution in [0.1, 0.15) is 11.1 Å². The molecule has 0 saturated heterocycles. The number of aliphatic imine (C=N–C) groups is 1. The van der Waals surface area contributed by atoms with E-state index in [0.717, 1.165) is 11.3 Å². The molecule has 168 valence electrons. The number of sulfonamides is 1. The number of H-pyrrole nitrogens is 2. The predicted molar refractivity (Wildman–Crippen MR) is 125 cm³/mol. The van der Waals surface area contributed by atoms with Crippen LogP contribution < -0.4 is 16.0 Å². The summed E-state index contributed by atoms with van der Waals surface area (Å²) in [4.78, 5) is 36.4. The summed E-state index contributed by atoms with van der Waals surface area (Å²) in [7, 11) is -3.86. The Hall–Kier alpha value is -3.74. The standard InChI is InChI=1S/C20H14ClN5O5S2/c21-12-3-1-11(2-4-12)16(15-17(27)24-19(29)25-18(15)28)23-13-5-7-14(8-6-13)33(30,31)26-20-22-9-10-32-20/h1-10H,(H,22,26)(H3,24,25,27,28,29). The molecule has 0 aliphatic rings. The average molecular weight is 504 g/mol. The van der Waals surface area contributed by atoms with Crippen LogP contribution >= 0.6 is 22.9 Å². The summed E-state index contributed by atoms with van der Waals surface area (Å²) in [5.41, 5.74) is -1.24. The molecule has 0 bridgehead atoms. The van der Waals surface area contributed by atoms with E-state index in [1.54, 1.807) is 29.6 Å². The number of halogens is 1. The number of aromatic hydroxyl groups is 1. The number of nitrogens with one attached hydrogen (secondary N) is 3. The van der Waals surface area contributed by atoms with Crippen LogP contribution in [0.25, 0.3) is 0 Å². The van der Waals surface area contributed by atoms with E-state index in [0.29, 0.717) is 10.6 Å². The van der Waals surface area contributed by atoms with Gasteiger partial charge in [0, 0.05) is 22.2 Å². The molecule has 0 amide bonds. The zero-order valence-corrected chi connectivity index (χ0v) is 18.8. The van der Waals surface area contributed by atoms with Crippen molar-refractivity contribution in [2.45, 2.75) is 4.90 Å². The van der Waals surface area contributed by atoms with E-state index in [2.05, 4.69) is 24.7 Å². The lowest BCUT2D eigenvalue weighted by atomic mass is 10.0. The van der Waals surface area contributed by atoms with Crippen molar-refractivity contribution in [3.05, 3.63) is 97.1 Å². The first-order valence-corrected chi connectivity index (χ1v) is 11.9. The van der Waals surface area contributed by atoms with Gasteiger partial charge in [-0.15, -0.1) is 11.3 Å². The maximum Gasteiger partial charge on any atom is 0.328 e. The van der Waals surface area contributed by atoms with E-state index in [-0.39, 0.29) is 27.0 Å². The average Bonchev–Trinajstić information content (AvgIpc) is 3.26. The number of aromatic nitrogens is 3. The van der Waals surface area contributed by atoms with Crippen LogP contribution in [0.3, 0.4) is 0 Å².